The molecule has 0 radical (unpaired) electrons. The van der Waals surface area contributed by atoms with Crippen molar-refractivity contribution >= 4 is 17.1 Å². The van der Waals surface area contributed by atoms with Gasteiger partial charge in [0.15, 0.2) is 5.01 Å². The average molecular weight is 225 g/mol. The summed E-state index contributed by atoms with van der Waals surface area (Å²) in [5, 5.41) is 2.45. The maximum Gasteiger partial charge on any atom is 0.205 e. The van der Waals surface area contributed by atoms with E-state index in [4.69, 9.17) is 5.73 Å². The van der Waals surface area contributed by atoms with Crippen LogP contribution in [-0.4, -0.2) is 41.8 Å². The molecule has 0 unspecified atom stereocenters. The Bertz CT molecular complexity index is 325. The second-order valence-corrected chi connectivity index (χ2v) is 4.78. The number of nitrogens with zero attached hydrogens (tertiary/aromatic N) is 2. The Labute approximate surface area is 93.1 Å². The summed E-state index contributed by atoms with van der Waals surface area (Å²) >= 11 is 1.41. The van der Waals surface area contributed by atoms with Gasteiger partial charge in [-0.3, -0.25) is 9.69 Å². The van der Waals surface area contributed by atoms with Gasteiger partial charge >= 0.3 is 0 Å². The van der Waals surface area contributed by atoms with Crippen LogP contribution in [0.4, 0.5) is 0 Å². The molecule has 1 aromatic heterocycles. The maximum atomic E-state index is 11.7. The molecule has 82 valence electrons. The van der Waals surface area contributed by atoms with Crippen LogP contribution in [-0.2, 0) is 0 Å². The fraction of sp³-hybridized carbons (Fsp3) is 0.600. The van der Waals surface area contributed by atoms with Gasteiger partial charge in [-0.2, -0.15) is 0 Å². The summed E-state index contributed by atoms with van der Waals surface area (Å²) in [6.45, 7) is 3.15. The van der Waals surface area contributed by atoms with E-state index in [2.05, 4.69) is 9.88 Å². The van der Waals surface area contributed by atoms with Crippen LogP contribution in [0.15, 0.2) is 11.6 Å². The summed E-state index contributed by atoms with van der Waals surface area (Å²) in [6.07, 6.45) is 2.78. The first-order chi connectivity index (χ1) is 7.29. The molecular formula is C10H15N3OS. The number of ketones is 1. The average Bonchev–Trinajstić information content (AvgIpc) is 2.87. The minimum Gasteiger partial charge on any atom is -0.330 e. The number of carbonyl (C=O) groups excluding carboxylic acids is 1. The van der Waals surface area contributed by atoms with Gasteiger partial charge in [-0.25, -0.2) is 4.98 Å². The summed E-state index contributed by atoms with van der Waals surface area (Å²) < 4.78 is 0. The quantitative estimate of drug-likeness (QED) is 0.763. The molecule has 0 spiro atoms. The number of aromatic nitrogens is 1. The monoisotopic (exact) mass is 225 g/mol. The summed E-state index contributed by atoms with van der Waals surface area (Å²) in [6, 6.07) is 0. The Morgan fingerprint density at radius 2 is 2.60 bits per heavy atom. The SMILES string of the molecule is NC[C@H]1CCN(CC(=O)c2nccs2)C1. The fourth-order valence-electron chi connectivity index (χ4n) is 1.88. The van der Waals surface area contributed by atoms with Crippen LogP contribution in [0, 0.1) is 5.92 Å². The normalized spacial score (nSPS) is 22.1. The van der Waals surface area contributed by atoms with E-state index in [1.807, 2.05) is 5.38 Å². The van der Waals surface area contributed by atoms with Crippen molar-refractivity contribution in [3.63, 3.8) is 0 Å². The third-order valence-corrected chi connectivity index (χ3v) is 3.56. The standard InChI is InChI=1S/C10H15N3OS/c11-5-8-1-3-13(6-8)7-9(14)10-12-2-4-15-10/h2,4,8H,1,3,5-7,11H2/t8-/m1/s1. The third kappa shape index (κ3) is 2.62. The third-order valence-electron chi connectivity index (χ3n) is 2.74. The highest BCUT2D eigenvalue weighted by molar-refractivity contribution is 7.11. The fourth-order valence-corrected chi connectivity index (χ4v) is 2.45. The number of thiazole rings is 1. The lowest BCUT2D eigenvalue weighted by Gasteiger charge is -2.13. The van der Waals surface area contributed by atoms with Crippen molar-refractivity contribution in [2.75, 3.05) is 26.2 Å². The summed E-state index contributed by atoms with van der Waals surface area (Å²) in [7, 11) is 0. The number of Topliss-reactive ketones (excluding diaryl/α,β-unsaturated/α-hetero) is 1. The Balaban J connectivity index is 1.86. The van der Waals surface area contributed by atoms with Crippen LogP contribution >= 0.6 is 11.3 Å². The van der Waals surface area contributed by atoms with E-state index in [9.17, 15) is 4.79 Å². The number of likely N-dealkylation sites (tertiary alicyclic amines) is 1. The van der Waals surface area contributed by atoms with Gasteiger partial charge in [-0.15, -0.1) is 11.3 Å². The second-order valence-electron chi connectivity index (χ2n) is 3.89. The molecule has 1 fully saturated rings. The van der Waals surface area contributed by atoms with Gasteiger partial charge in [0.25, 0.3) is 0 Å². The van der Waals surface area contributed by atoms with Crippen molar-refractivity contribution in [2.24, 2.45) is 11.7 Å². The van der Waals surface area contributed by atoms with E-state index in [1.54, 1.807) is 6.20 Å². The Hall–Kier alpha value is -0.780. The molecule has 0 saturated carbocycles. The van der Waals surface area contributed by atoms with Crippen molar-refractivity contribution in [2.45, 2.75) is 6.42 Å². The van der Waals surface area contributed by atoms with Crippen LogP contribution in [0.3, 0.4) is 0 Å². The Morgan fingerprint density at radius 3 is 3.20 bits per heavy atom. The molecular weight excluding hydrogens is 210 g/mol. The van der Waals surface area contributed by atoms with Gasteiger partial charge < -0.3 is 5.73 Å². The van der Waals surface area contributed by atoms with Crippen molar-refractivity contribution in [1.82, 2.24) is 9.88 Å². The first-order valence-corrected chi connectivity index (χ1v) is 6.02. The van der Waals surface area contributed by atoms with Gasteiger partial charge in [0.05, 0.1) is 6.54 Å². The zero-order valence-corrected chi connectivity index (χ0v) is 9.37. The first-order valence-electron chi connectivity index (χ1n) is 5.14. The number of hydrogen-bond donors (Lipinski definition) is 1. The molecule has 2 N–H and O–H groups in total. The summed E-state index contributed by atoms with van der Waals surface area (Å²) in [5.74, 6) is 0.691. The van der Waals surface area contributed by atoms with E-state index >= 15 is 0 Å². The second kappa shape index (κ2) is 4.83. The van der Waals surface area contributed by atoms with Crippen molar-refractivity contribution in [1.29, 1.82) is 0 Å². The topological polar surface area (TPSA) is 59.2 Å². The molecule has 1 aliphatic heterocycles. The zero-order valence-electron chi connectivity index (χ0n) is 8.56. The molecule has 4 nitrogen and oxygen atoms in total. The van der Waals surface area contributed by atoms with Crippen LogP contribution in [0.25, 0.3) is 0 Å². The predicted molar refractivity (Wildman–Crippen MR) is 60.0 cm³/mol. The Kier molecular flexibility index (Phi) is 3.45. The van der Waals surface area contributed by atoms with Gasteiger partial charge in [0.2, 0.25) is 5.78 Å². The highest BCUT2D eigenvalue weighted by Crippen LogP contribution is 2.15. The highest BCUT2D eigenvalue weighted by atomic mass is 32.1. The van der Waals surface area contributed by atoms with Gasteiger partial charge in [-0.1, -0.05) is 0 Å². The summed E-state index contributed by atoms with van der Waals surface area (Å²) in [5.41, 5.74) is 5.60. The van der Waals surface area contributed by atoms with E-state index < -0.39 is 0 Å². The smallest absolute Gasteiger partial charge is 0.205 e. The molecule has 2 rings (SSSR count). The van der Waals surface area contributed by atoms with E-state index in [0.717, 1.165) is 26.1 Å². The van der Waals surface area contributed by atoms with Gasteiger partial charge in [0.1, 0.15) is 0 Å². The zero-order chi connectivity index (χ0) is 10.7. The number of carbonyl (C=O) groups is 1. The molecule has 1 aliphatic rings. The van der Waals surface area contributed by atoms with Crippen molar-refractivity contribution < 1.29 is 4.79 Å². The van der Waals surface area contributed by atoms with Crippen molar-refractivity contribution in [3.05, 3.63) is 16.6 Å². The lowest BCUT2D eigenvalue weighted by Crippen LogP contribution is -2.28. The molecule has 1 saturated heterocycles. The van der Waals surface area contributed by atoms with Crippen molar-refractivity contribution in [3.8, 4) is 0 Å². The molecule has 15 heavy (non-hydrogen) atoms. The van der Waals surface area contributed by atoms with E-state index in [1.165, 1.54) is 11.3 Å². The number of nitrogens with two attached hydrogens (primary N) is 1. The maximum absolute atomic E-state index is 11.7. The minimum atomic E-state index is 0.127. The lowest BCUT2D eigenvalue weighted by atomic mass is 10.1. The van der Waals surface area contributed by atoms with Crippen LogP contribution < -0.4 is 5.73 Å². The molecule has 5 heteroatoms. The van der Waals surface area contributed by atoms with Crippen LogP contribution in [0.1, 0.15) is 16.2 Å². The first kappa shape index (κ1) is 10.7. The molecule has 0 bridgehead atoms. The summed E-state index contributed by atoms with van der Waals surface area (Å²) in [4.78, 5) is 17.9. The molecule has 0 aliphatic carbocycles. The Morgan fingerprint density at radius 1 is 1.73 bits per heavy atom. The van der Waals surface area contributed by atoms with E-state index in [-0.39, 0.29) is 5.78 Å². The number of rotatable bonds is 4. The van der Waals surface area contributed by atoms with Crippen LogP contribution in [0.5, 0.6) is 0 Å². The molecule has 1 atom stereocenters. The highest BCUT2D eigenvalue weighted by Gasteiger charge is 2.23. The predicted octanol–water partition coefficient (Wildman–Crippen LogP) is 0.606. The van der Waals surface area contributed by atoms with Gasteiger partial charge in [0, 0.05) is 18.1 Å². The molecule has 0 aromatic carbocycles. The van der Waals surface area contributed by atoms with E-state index in [0.29, 0.717) is 17.5 Å². The van der Waals surface area contributed by atoms with Gasteiger partial charge in [-0.05, 0) is 25.4 Å². The molecule has 0 amide bonds. The lowest BCUT2D eigenvalue weighted by molar-refractivity contribution is 0.0943. The number of hydrogen-bond acceptors (Lipinski definition) is 5. The molecule has 2 heterocycles. The van der Waals surface area contributed by atoms with Crippen LogP contribution in [0.2, 0.25) is 0 Å². The molecule has 1 aromatic rings. The minimum absolute atomic E-state index is 0.127. The largest absolute Gasteiger partial charge is 0.330 e.